The Morgan fingerprint density at radius 2 is 2.27 bits per heavy atom. The van der Waals surface area contributed by atoms with Gasteiger partial charge >= 0.3 is 0 Å². The zero-order valence-corrected chi connectivity index (χ0v) is 9.49. The molecule has 15 heavy (non-hydrogen) atoms. The van der Waals surface area contributed by atoms with Gasteiger partial charge < -0.3 is 0 Å². The van der Waals surface area contributed by atoms with Crippen LogP contribution in [0.4, 0.5) is 0 Å². The molecule has 1 heterocycles. The smallest absolute Gasteiger partial charge is 0.0378 e. The summed E-state index contributed by atoms with van der Waals surface area (Å²) >= 11 is 0. The normalized spacial score (nSPS) is 12.1. The van der Waals surface area contributed by atoms with Crippen LogP contribution >= 0.6 is 0 Å². The minimum atomic E-state index is 0.904. The molecule has 2 nitrogen and oxygen atoms in total. The molecular weight excluding hydrogens is 184 g/mol. The third-order valence-electron chi connectivity index (χ3n) is 2.11. The quantitative estimate of drug-likeness (QED) is 0.686. The second kappa shape index (κ2) is 5.25. The summed E-state index contributed by atoms with van der Waals surface area (Å²) in [7, 11) is 0. The SMILES string of the molecule is C=C(/C=N\C(C)=C/C)c1ccnc(C)c1. The van der Waals surface area contributed by atoms with E-state index in [1.54, 1.807) is 12.4 Å². The van der Waals surface area contributed by atoms with Crippen LogP contribution in [0.15, 0.2) is 41.7 Å². The fourth-order valence-corrected chi connectivity index (χ4v) is 1.07. The van der Waals surface area contributed by atoms with Gasteiger partial charge in [0.25, 0.3) is 0 Å². The maximum atomic E-state index is 4.26. The summed E-state index contributed by atoms with van der Waals surface area (Å²) in [5, 5.41) is 0. The van der Waals surface area contributed by atoms with Crippen molar-refractivity contribution in [1.29, 1.82) is 0 Å². The Morgan fingerprint density at radius 1 is 1.53 bits per heavy atom. The van der Waals surface area contributed by atoms with Gasteiger partial charge in [-0.2, -0.15) is 0 Å². The molecule has 1 aromatic rings. The first-order valence-electron chi connectivity index (χ1n) is 4.92. The van der Waals surface area contributed by atoms with Gasteiger partial charge in [0.2, 0.25) is 0 Å². The molecule has 0 bridgehead atoms. The fourth-order valence-electron chi connectivity index (χ4n) is 1.07. The molecule has 0 unspecified atom stereocenters. The highest BCUT2D eigenvalue weighted by atomic mass is 14.7. The van der Waals surface area contributed by atoms with Crippen molar-refractivity contribution < 1.29 is 0 Å². The number of rotatable bonds is 3. The lowest BCUT2D eigenvalue weighted by Crippen LogP contribution is -1.87. The van der Waals surface area contributed by atoms with Crippen LogP contribution in [-0.2, 0) is 0 Å². The molecule has 0 fully saturated rings. The number of hydrogen-bond donors (Lipinski definition) is 0. The lowest BCUT2D eigenvalue weighted by Gasteiger charge is -2.00. The highest BCUT2D eigenvalue weighted by Gasteiger charge is 1.96. The number of aliphatic imine (C=N–C) groups is 1. The van der Waals surface area contributed by atoms with Crippen molar-refractivity contribution in [2.75, 3.05) is 0 Å². The Balaban J connectivity index is 2.82. The van der Waals surface area contributed by atoms with Crippen LogP contribution in [0.2, 0.25) is 0 Å². The van der Waals surface area contributed by atoms with Crippen molar-refractivity contribution in [2.45, 2.75) is 20.8 Å². The molecule has 78 valence electrons. The number of allylic oxidation sites excluding steroid dienone is 3. The van der Waals surface area contributed by atoms with Gasteiger partial charge in [0.1, 0.15) is 0 Å². The first-order chi connectivity index (χ1) is 7.13. The average Bonchev–Trinajstić information content (AvgIpc) is 2.25. The summed E-state index contributed by atoms with van der Waals surface area (Å²) in [5.41, 5.74) is 3.95. The molecule has 0 atom stereocenters. The van der Waals surface area contributed by atoms with Crippen molar-refractivity contribution in [1.82, 2.24) is 4.98 Å². The fraction of sp³-hybridized carbons (Fsp3) is 0.231. The number of aryl methyl sites for hydroxylation is 1. The van der Waals surface area contributed by atoms with E-state index in [1.807, 2.05) is 39.0 Å². The molecule has 0 amide bonds. The molecule has 0 saturated heterocycles. The summed E-state index contributed by atoms with van der Waals surface area (Å²) in [4.78, 5) is 8.40. The van der Waals surface area contributed by atoms with Gasteiger partial charge in [-0.05, 0) is 44.0 Å². The maximum Gasteiger partial charge on any atom is 0.0378 e. The van der Waals surface area contributed by atoms with Crippen LogP contribution in [0.3, 0.4) is 0 Å². The Bertz CT molecular complexity index is 414. The van der Waals surface area contributed by atoms with Crippen LogP contribution in [-0.4, -0.2) is 11.2 Å². The lowest BCUT2D eigenvalue weighted by molar-refractivity contribution is 1.19. The summed E-state index contributed by atoms with van der Waals surface area (Å²) in [6.45, 7) is 9.86. The van der Waals surface area contributed by atoms with E-state index in [-0.39, 0.29) is 0 Å². The topological polar surface area (TPSA) is 25.2 Å². The summed E-state index contributed by atoms with van der Waals surface area (Å²) in [6.07, 6.45) is 5.53. The molecule has 0 radical (unpaired) electrons. The van der Waals surface area contributed by atoms with Crippen molar-refractivity contribution >= 4 is 11.8 Å². The highest BCUT2D eigenvalue weighted by molar-refractivity contribution is 6.09. The van der Waals surface area contributed by atoms with E-state index in [1.165, 1.54) is 0 Å². The monoisotopic (exact) mass is 200 g/mol. The molecular formula is C13H16N2. The van der Waals surface area contributed by atoms with Crippen molar-refractivity contribution in [3.8, 4) is 0 Å². The van der Waals surface area contributed by atoms with E-state index in [4.69, 9.17) is 0 Å². The largest absolute Gasteiger partial charge is 0.262 e. The van der Waals surface area contributed by atoms with Gasteiger partial charge in [0.05, 0.1) is 0 Å². The van der Waals surface area contributed by atoms with Gasteiger partial charge in [-0.1, -0.05) is 12.7 Å². The molecule has 0 aliphatic heterocycles. The summed E-state index contributed by atoms with van der Waals surface area (Å²) in [6, 6.07) is 3.94. The lowest BCUT2D eigenvalue weighted by atomic mass is 10.1. The summed E-state index contributed by atoms with van der Waals surface area (Å²) < 4.78 is 0. The van der Waals surface area contributed by atoms with E-state index >= 15 is 0 Å². The van der Waals surface area contributed by atoms with Gasteiger partial charge in [0, 0.05) is 23.8 Å². The predicted octanol–water partition coefficient (Wildman–Crippen LogP) is 3.40. The van der Waals surface area contributed by atoms with Crippen molar-refractivity contribution in [2.24, 2.45) is 4.99 Å². The molecule has 2 heteroatoms. The highest BCUT2D eigenvalue weighted by Crippen LogP contribution is 2.10. The third kappa shape index (κ3) is 3.50. The van der Waals surface area contributed by atoms with Crippen molar-refractivity contribution in [3.05, 3.63) is 47.9 Å². The van der Waals surface area contributed by atoms with Crippen molar-refractivity contribution in [3.63, 3.8) is 0 Å². The molecule has 0 saturated carbocycles. The Labute approximate surface area is 91.1 Å². The van der Waals surface area contributed by atoms with Gasteiger partial charge in [-0.25, -0.2) is 0 Å². The number of aromatic nitrogens is 1. The van der Waals surface area contributed by atoms with E-state index in [0.717, 1.165) is 22.5 Å². The molecule has 0 aliphatic rings. The second-order valence-corrected chi connectivity index (χ2v) is 3.40. The van der Waals surface area contributed by atoms with E-state index in [9.17, 15) is 0 Å². The number of nitrogens with zero attached hydrogens (tertiary/aromatic N) is 2. The van der Waals surface area contributed by atoms with Crippen LogP contribution in [0.25, 0.3) is 5.57 Å². The molecule has 0 aromatic carbocycles. The standard InChI is InChI=1S/C13H16N2/c1-5-11(3)15-9-10(2)13-6-7-14-12(4)8-13/h5-9H,2H2,1,3-4H3/b11-5-,15-9-. The summed E-state index contributed by atoms with van der Waals surface area (Å²) in [5.74, 6) is 0. The minimum Gasteiger partial charge on any atom is -0.262 e. The van der Waals surface area contributed by atoms with Gasteiger partial charge in [-0.15, -0.1) is 0 Å². The molecule has 0 spiro atoms. The second-order valence-electron chi connectivity index (χ2n) is 3.40. The first kappa shape index (κ1) is 11.4. The molecule has 0 N–H and O–H groups in total. The average molecular weight is 200 g/mol. The number of hydrogen-bond acceptors (Lipinski definition) is 2. The minimum absolute atomic E-state index is 0.904. The van der Waals surface area contributed by atoms with Crippen LogP contribution in [0.1, 0.15) is 25.1 Å². The molecule has 1 aromatic heterocycles. The molecule has 0 aliphatic carbocycles. The van der Waals surface area contributed by atoms with E-state index in [2.05, 4.69) is 16.6 Å². The maximum absolute atomic E-state index is 4.26. The molecule has 1 rings (SSSR count). The van der Waals surface area contributed by atoms with Gasteiger partial charge in [-0.3, -0.25) is 9.98 Å². The van der Waals surface area contributed by atoms with E-state index < -0.39 is 0 Å². The Hall–Kier alpha value is -1.70. The third-order valence-corrected chi connectivity index (χ3v) is 2.11. The zero-order chi connectivity index (χ0) is 11.3. The van der Waals surface area contributed by atoms with Crippen LogP contribution in [0, 0.1) is 6.92 Å². The van der Waals surface area contributed by atoms with Crippen LogP contribution < -0.4 is 0 Å². The predicted molar refractivity (Wildman–Crippen MR) is 65.9 cm³/mol. The zero-order valence-electron chi connectivity index (χ0n) is 9.49. The van der Waals surface area contributed by atoms with Crippen LogP contribution in [0.5, 0.6) is 0 Å². The van der Waals surface area contributed by atoms with Gasteiger partial charge in [0.15, 0.2) is 0 Å². The Kier molecular flexibility index (Phi) is 3.98. The number of pyridine rings is 1. The van der Waals surface area contributed by atoms with E-state index in [0.29, 0.717) is 0 Å². The Morgan fingerprint density at radius 3 is 2.87 bits per heavy atom. The first-order valence-corrected chi connectivity index (χ1v) is 4.92.